The number of aromatic amines is 1. The number of ether oxygens (including phenoxy) is 2. The second-order valence-electron chi connectivity index (χ2n) is 4.71. The Morgan fingerprint density at radius 2 is 2.09 bits per heavy atom. The Labute approximate surface area is 132 Å². The number of phenols is 1. The summed E-state index contributed by atoms with van der Waals surface area (Å²) in [5.74, 6) is 1.67. The highest BCUT2D eigenvalue weighted by Gasteiger charge is 2.13. The van der Waals surface area contributed by atoms with Crippen molar-refractivity contribution in [2.24, 2.45) is 0 Å². The van der Waals surface area contributed by atoms with Gasteiger partial charge in [0.1, 0.15) is 11.6 Å². The van der Waals surface area contributed by atoms with Crippen LogP contribution in [0.1, 0.15) is 6.92 Å². The van der Waals surface area contributed by atoms with Crippen LogP contribution >= 0.6 is 11.6 Å². The molecule has 0 spiro atoms. The van der Waals surface area contributed by atoms with Crippen molar-refractivity contribution in [3.63, 3.8) is 0 Å². The number of H-pyrrole nitrogens is 1. The minimum Gasteiger partial charge on any atom is -0.503 e. The van der Waals surface area contributed by atoms with Gasteiger partial charge in [-0.25, -0.2) is 4.98 Å². The predicted octanol–water partition coefficient (Wildman–Crippen LogP) is 4.00. The van der Waals surface area contributed by atoms with E-state index in [1.165, 1.54) is 0 Å². The van der Waals surface area contributed by atoms with Crippen LogP contribution in [0.15, 0.2) is 30.3 Å². The van der Waals surface area contributed by atoms with E-state index in [0.29, 0.717) is 18.2 Å². The first-order valence-electron chi connectivity index (χ1n) is 6.81. The summed E-state index contributed by atoms with van der Waals surface area (Å²) in [6.45, 7) is 2.28. The summed E-state index contributed by atoms with van der Waals surface area (Å²) in [6.07, 6.45) is 0. The Kier molecular flexibility index (Phi) is 3.81. The smallest absolute Gasteiger partial charge is 0.176 e. The largest absolute Gasteiger partial charge is 0.503 e. The molecule has 0 saturated carbocycles. The van der Waals surface area contributed by atoms with Crippen molar-refractivity contribution in [3.05, 3.63) is 35.4 Å². The van der Waals surface area contributed by atoms with Crippen molar-refractivity contribution >= 4 is 22.6 Å². The fraction of sp³-hybridized carbons (Fsp3) is 0.188. The van der Waals surface area contributed by atoms with Gasteiger partial charge in [-0.2, -0.15) is 0 Å². The molecule has 0 aliphatic heterocycles. The van der Waals surface area contributed by atoms with Crippen LogP contribution in [0.5, 0.6) is 17.2 Å². The number of aromatic hydroxyl groups is 1. The van der Waals surface area contributed by atoms with Crippen molar-refractivity contribution < 1.29 is 14.6 Å². The van der Waals surface area contributed by atoms with E-state index >= 15 is 0 Å². The van der Waals surface area contributed by atoms with Crippen LogP contribution < -0.4 is 9.47 Å². The number of aromatic nitrogens is 2. The van der Waals surface area contributed by atoms with Gasteiger partial charge >= 0.3 is 0 Å². The number of nitrogens with zero attached hydrogens (tertiary/aromatic N) is 1. The van der Waals surface area contributed by atoms with Gasteiger partial charge < -0.3 is 19.6 Å². The van der Waals surface area contributed by atoms with Crippen LogP contribution in [-0.4, -0.2) is 28.8 Å². The van der Waals surface area contributed by atoms with Crippen molar-refractivity contribution in [1.29, 1.82) is 0 Å². The molecule has 0 amide bonds. The molecular formula is C16H15ClN2O3. The average Bonchev–Trinajstić information content (AvgIpc) is 2.94. The number of nitrogens with one attached hydrogen (secondary N) is 1. The maximum atomic E-state index is 9.90. The molecule has 0 saturated heterocycles. The maximum Gasteiger partial charge on any atom is 0.176 e. The van der Waals surface area contributed by atoms with Crippen molar-refractivity contribution in [3.8, 4) is 28.6 Å². The highest BCUT2D eigenvalue weighted by atomic mass is 35.5. The zero-order chi connectivity index (χ0) is 15.7. The molecule has 22 heavy (non-hydrogen) atoms. The summed E-state index contributed by atoms with van der Waals surface area (Å²) in [7, 11) is 1.62. The van der Waals surface area contributed by atoms with Crippen LogP contribution in [0, 0.1) is 0 Å². The van der Waals surface area contributed by atoms with Crippen LogP contribution in [0.3, 0.4) is 0 Å². The van der Waals surface area contributed by atoms with E-state index in [2.05, 4.69) is 9.97 Å². The average molecular weight is 319 g/mol. The molecule has 1 heterocycles. The first kappa shape index (κ1) is 14.5. The second-order valence-corrected chi connectivity index (χ2v) is 5.11. The Balaban J connectivity index is 2.10. The molecule has 0 radical (unpaired) electrons. The monoisotopic (exact) mass is 318 g/mol. The molecule has 0 atom stereocenters. The van der Waals surface area contributed by atoms with Crippen molar-refractivity contribution in [2.45, 2.75) is 6.92 Å². The topological polar surface area (TPSA) is 67.4 Å². The summed E-state index contributed by atoms with van der Waals surface area (Å²) in [6, 6.07) is 8.95. The quantitative estimate of drug-likeness (QED) is 0.763. The van der Waals surface area contributed by atoms with Gasteiger partial charge in [-0.3, -0.25) is 0 Å². The molecule has 1 aromatic heterocycles. The van der Waals surface area contributed by atoms with Gasteiger partial charge in [0.2, 0.25) is 0 Å². The molecule has 3 aromatic rings. The minimum absolute atomic E-state index is 0.0648. The number of benzene rings is 2. The standard InChI is InChI=1S/C16H15ClN2O3/c1-3-22-14-7-9(6-11(17)15(14)20)16-18-12-5-4-10(21-2)8-13(12)19-16/h4-8,20H,3H2,1-2H3,(H,18,19). The molecule has 3 rings (SSSR count). The number of halogens is 1. The van der Waals surface area contributed by atoms with Crippen molar-refractivity contribution in [2.75, 3.05) is 13.7 Å². The molecule has 0 unspecified atom stereocenters. The van der Waals surface area contributed by atoms with Gasteiger partial charge in [0.25, 0.3) is 0 Å². The van der Waals surface area contributed by atoms with Gasteiger partial charge in [0.05, 0.1) is 29.8 Å². The lowest BCUT2D eigenvalue weighted by molar-refractivity contribution is 0.318. The molecule has 0 aliphatic rings. The summed E-state index contributed by atoms with van der Waals surface area (Å²) in [5.41, 5.74) is 2.41. The number of phenolic OH excluding ortho intramolecular Hbond substituents is 1. The van der Waals surface area contributed by atoms with Crippen LogP contribution in [-0.2, 0) is 0 Å². The van der Waals surface area contributed by atoms with E-state index in [1.807, 2.05) is 25.1 Å². The van der Waals surface area contributed by atoms with Gasteiger partial charge in [0, 0.05) is 11.6 Å². The number of rotatable bonds is 4. The van der Waals surface area contributed by atoms with Gasteiger partial charge in [-0.15, -0.1) is 0 Å². The van der Waals surface area contributed by atoms with E-state index in [4.69, 9.17) is 21.1 Å². The highest BCUT2D eigenvalue weighted by molar-refractivity contribution is 6.32. The van der Waals surface area contributed by atoms with Gasteiger partial charge in [0.15, 0.2) is 11.5 Å². The van der Waals surface area contributed by atoms with Gasteiger partial charge in [-0.1, -0.05) is 11.6 Å². The molecule has 6 heteroatoms. The zero-order valence-electron chi connectivity index (χ0n) is 12.2. The predicted molar refractivity (Wildman–Crippen MR) is 85.9 cm³/mol. The fourth-order valence-corrected chi connectivity index (χ4v) is 2.44. The van der Waals surface area contributed by atoms with Crippen molar-refractivity contribution in [1.82, 2.24) is 9.97 Å². The second kappa shape index (κ2) is 5.77. The maximum absolute atomic E-state index is 9.90. The molecule has 2 N–H and O–H groups in total. The summed E-state index contributed by atoms with van der Waals surface area (Å²) >= 11 is 6.06. The Bertz CT molecular complexity index is 830. The van der Waals surface area contributed by atoms with Crippen LogP contribution in [0.4, 0.5) is 0 Å². The number of methoxy groups -OCH3 is 1. The Morgan fingerprint density at radius 1 is 1.27 bits per heavy atom. The van der Waals surface area contributed by atoms with E-state index in [1.54, 1.807) is 19.2 Å². The van der Waals surface area contributed by atoms with E-state index in [9.17, 15) is 5.11 Å². The molecule has 0 bridgehead atoms. The first-order chi connectivity index (χ1) is 10.6. The molecular weight excluding hydrogens is 304 g/mol. The van der Waals surface area contributed by atoms with Crippen LogP contribution in [0.2, 0.25) is 5.02 Å². The molecule has 2 aromatic carbocycles. The Hall–Kier alpha value is -2.40. The van der Waals surface area contributed by atoms with Crippen LogP contribution in [0.25, 0.3) is 22.4 Å². The number of fused-ring (bicyclic) bond motifs is 1. The molecule has 114 valence electrons. The molecule has 0 aliphatic carbocycles. The highest BCUT2D eigenvalue weighted by Crippen LogP contribution is 2.38. The van der Waals surface area contributed by atoms with E-state index < -0.39 is 0 Å². The molecule has 5 nitrogen and oxygen atoms in total. The minimum atomic E-state index is -0.0648. The number of hydrogen-bond acceptors (Lipinski definition) is 4. The third-order valence-electron chi connectivity index (χ3n) is 3.29. The summed E-state index contributed by atoms with van der Waals surface area (Å²) < 4.78 is 10.6. The summed E-state index contributed by atoms with van der Waals surface area (Å²) in [4.78, 5) is 7.74. The van der Waals surface area contributed by atoms with Gasteiger partial charge in [-0.05, 0) is 31.2 Å². The summed E-state index contributed by atoms with van der Waals surface area (Å²) in [5, 5.41) is 10.1. The number of imidazole rings is 1. The lowest BCUT2D eigenvalue weighted by Crippen LogP contribution is -1.93. The Morgan fingerprint density at radius 3 is 2.82 bits per heavy atom. The molecule has 0 fully saturated rings. The normalized spacial score (nSPS) is 10.9. The SMILES string of the molecule is CCOc1cc(-c2nc3ccc(OC)cc3[nH]2)cc(Cl)c1O. The van der Waals surface area contributed by atoms with E-state index in [-0.39, 0.29) is 10.8 Å². The van der Waals surface area contributed by atoms with E-state index in [0.717, 1.165) is 22.3 Å². The lowest BCUT2D eigenvalue weighted by atomic mass is 10.2. The third-order valence-corrected chi connectivity index (χ3v) is 3.58. The fourth-order valence-electron chi connectivity index (χ4n) is 2.23. The lowest BCUT2D eigenvalue weighted by Gasteiger charge is -2.08. The first-order valence-corrected chi connectivity index (χ1v) is 7.19. The third kappa shape index (κ3) is 2.55. The zero-order valence-corrected chi connectivity index (χ0v) is 12.9. The number of hydrogen-bond donors (Lipinski definition) is 2.